The zero-order valence-electron chi connectivity index (χ0n) is 13.3. The quantitative estimate of drug-likeness (QED) is 0.896. The van der Waals surface area contributed by atoms with E-state index in [2.05, 4.69) is 5.32 Å². The fourth-order valence-corrected chi connectivity index (χ4v) is 2.96. The summed E-state index contributed by atoms with van der Waals surface area (Å²) in [4.78, 5) is 25.7. The monoisotopic (exact) mass is 340 g/mol. The Balaban J connectivity index is 1.77. The minimum atomic E-state index is -1.19. The van der Waals surface area contributed by atoms with Crippen LogP contribution in [-0.2, 0) is 4.74 Å². The molecule has 0 aliphatic carbocycles. The van der Waals surface area contributed by atoms with E-state index in [0.717, 1.165) is 0 Å². The van der Waals surface area contributed by atoms with Crippen LogP contribution >= 0.6 is 0 Å². The Bertz CT molecular complexity index is 847. The molecule has 1 fully saturated rings. The van der Waals surface area contributed by atoms with Crippen LogP contribution < -0.4 is 15.0 Å². The van der Waals surface area contributed by atoms with Gasteiger partial charge in [-0.2, -0.15) is 0 Å². The smallest absolute Gasteiger partial charge is 0.409 e. The van der Waals surface area contributed by atoms with Crippen LogP contribution in [0.15, 0.2) is 42.5 Å². The van der Waals surface area contributed by atoms with E-state index in [-0.39, 0.29) is 11.8 Å². The summed E-state index contributed by atoms with van der Waals surface area (Å²) < 4.78 is 11.1. The molecule has 0 bridgehead atoms. The van der Waals surface area contributed by atoms with Crippen molar-refractivity contribution in [1.82, 2.24) is 0 Å². The van der Waals surface area contributed by atoms with Crippen LogP contribution in [0.5, 0.6) is 11.5 Å². The number of carboxylic acid groups (broad SMARTS) is 1. The zero-order valence-corrected chi connectivity index (χ0v) is 13.3. The van der Waals surface area contributed by atoms with E-state index in [1.54, 1.807) is 17.0 Å². The number of ether oxygens (including phenoxy) is 2. The molecule has 0 atom stereocenters. The molecule has 2 heterocycles. The first kappa shape index (κ1) is 15.5. The molecule has 7 nitrogen and oxygen atoms in total. The van der Waals surface area contributed by atoms with Crippen molar-refractivity contribution >= 4 is 23.4 Å². The lowest BCUT2D eigenvalue weighted by atomic mass is 10.1. The fourth-order valence-electron chi connectivity index (χ4n) is 2.96. The van der Waals surface area contributed by atoms with Gasteiger partial charge in [-0.3, -0.25) is 10.1 Å². The first-order valence-corrected chi connectivity index (χ1v) is 7.92. The Morgan fingerprint density at radius 1 is 1.20 bits per heavy atom. The van der Waals surface area contributed by atoms with Crippen LogP contribution in [0.2, 0.25) is 0 Å². The number of amides is 2. The van der Waals surface area contributed by atoms with Gasteiger partial charge in [0.25, 0.3) is 5.91 Å². The summed E-state index contributed by atoms with van der Waals surface area (Å²) in [7, 11) is 0. The molecule has 0 spiro atoms. The maximum Gasteiger partial charge on any atom is 0.409 e. The molecule has 0 aromatic heterocycles. The Hall–Kier alpha value is -3.06. The second-order valence-electron chi connectivity index (χ2n) is 6.03. The van der Waals surface area contributed by atoms with Gasteiger partial charge in [-0.05, 0) is 30.3 Å². The van der Waals surface area contributed by atoms with Crippen LogP contribution in [0.25, 0.3) is 0 Å². The van der Waals surface area contributed by atoms with Gasteiger partial charge in [0.15, 0.2) is 5.75 Å². The third kappa shape index (κ3) is 2.89. The van der Waals surface area contributed by atoms with E-state index in [4.69, 9.17) is 14.6 Å². The molecule has 1 saturated heterocycles. The van der Waals surface area contributed by atoms with E-state index in [1.165, 1.54) is 6.07 Å². The molecule has 0 radical (unpaired) electrons. The largest absolute Gasteiger partial charge is 0.465 e. The second-order valence-corrected chi connectivity index (χ2v) is 6.03. The maximum atomic E-state index is 13.1. The predicted octanol–water partition coefficient (Wildman–Crippen LogP) is 3.18. The van der Waals surface area contributed by atoms with Crippen molar-refractivity contribution in [3.05, 3.63) is 48.0 Å². The number of rotatable bonds is 3. The number of nitrogens with zero attached hydrogens (tertiary/aromatic N) is 1. The first-order valence-electron chi connectivity index (χ1n) is 7.92. The molecule has 2 aliphatic rings. The van der Waals surface area contributed by atoms with Gasteiger partial charge in [0.2, 0.25) is 0 Å². The average Bonchev–Trinajstić information content (AvgIpc) is 2.66. The van der Waals surface area contributed by atoms with Crippen molar-refractivity contribution in [3.8, 4) is 11.5 Å². The highest BCUT2D eigenvalue weighted by Gasteiger charge is 2.32. The second kappa shape index (κ2) is 6.10. The van der Waals surface area contributed by atoms with Crippen molar-refractivity contribution in [2.45, 2.75) is 0 Å². The molecule has 7 heteroatoms. The van der Waals surface area contributed by atoms with Crippen molar-refractivity contribution in [2.24, 2.45) is 5.92 Å². The third-order valence-electron chi connectivity index (χ3n) is 4.23. The summed E-state index contributed by atoms with van der Waals surface area (Å²) in [6, 6.07) is 12.0. The molecule has 2 aliphatic heterocycles. The number of hydrogen-bond acceptors (Lipinski definition) is 4. The zero-order chi connectivity index (χ0) is 17.4. The van der Waals surface area contributed by atoms with E-state index >= 15 is 0 Å². The lowest BCUT2D eigenvalue weighted by Crippen LogP contribution is -2.42. The summed E-state index contributed by atoms with van der Waals surface area (Å²) in [6.07, 6.45) is -1.19. The summed E-state index contributed by atoms with van der Waals surface area (Å²) in [6.45, 7) is 1.77. The number of carbonyl (C=O) groups excluding carboxylic acids is 1. The minimum Gasteiger partial charge on any atom is -0.465 e. The van der Waals surface area contributed by atoms with Crippen LogP contribution in [0.3, 0.4) is 0 Å². The molecular weight excluding hydrogens is 324 g/mol. The number of carbonyl (C=O) groups is 2. The maximum absolute atomic E-state index is 13.1. The standard InChI is InChI=1S/C18H16N2O5/c21-17-13-7-12(19-18(22)23)5-6-15(13)25-16-4-2-1-3-14(16)20(17)8-11-9-24-10-11/h1-7,11,19H,8-10H2,(H,22,23). The normalized spacial score (nSPS) is 16.2. The highest BCUT2D eigenvalue weighted by Crippen LogP contribution is 2.40. The van der Waals surface area contributed by atoms with Crippen molar-refractivity contribution < 1.29 is 24.2 Å². The Kier molecular flexibility index (Phi) is 3.77. The number of para-hydroxylation sites is 2. The Morgan fingerprint density at radius 3 is 2.72 bits per heavy atom. The molecule has 0 saturated carbocycles. The van der Waals surface area contributed by atoms with Gasteiger partial charge in [0.05, 0.1) is 24.5 Å². The number of fused-ring (bicyclic) bond motifs is 2. The lowest BCUT2D eigenvalue weighted by molar-refractivity contribution is -0.0272. The van der Waals surface area contributed by atoms with Gasteiger partial charge in [-0.1, -0.05) is 12.1 Å². The molecule has 25 heavy (non-hydrogen) atoms. The van der Waals surface area contributed by atoms with Crippen molar-refractivity contribution in [2.75, 3.05) is 30.0 Å². The van der Waals surface area contributed by atoms with Gasteiger partial charge >= 0.3 is 6.09 Å². The van der Waals surface area contributed by atoms with Crippen molar-refractivity contribution in [3.63, 3.8) is 0 Å². The Labute approximate surface area is 143 Å². The van der Waals surface area contributed by atoms with E-state index in [9.17, 15) is 9.59 Å². The minimum absolute atomic E-state index is 0.221. The highest BCUT2D eigenvalue weighted by molar-refractivity contribution is 6.10. The third-order valence-corrected chi connectivity index (χ3v) is 4.23. The molecule has 2 amide bonds. The van der Waals surface area contributed by atoms with E-state index in [0.29, 0.717) is 48.2 Å². The fraction of sp³-hybridized carbons (Fsp3) is 0.222. The number of anilines is 2. The molecule has 128 valence electrons. The molecule has 2 aromatic rings. The summed E-state index contributed by atoms with van der Waals surface area (Å²) in [5, 5.41) is 11.2. The predicted molar refractivity (Wildman–Crippen MR) is 90.6 cm³/mol. The summed E-state index contributed by atoms with van der Waals surface area (Å²) >= 11 is 0. The number of benzene rings is 2. The molecule has 0 unspecified atom stereocenters. The van der Waals surface area contributed by atoms with E-state index < -0.39 is 6.09 Å². The first-order chi connectivity index (χ1) is 12.1. The molecular formula is C18H16N2O5. The van der Waals surface area contributed by atoms with Gasteiger partial charge in [-0.25, -0.2) is 4.79 Å². The van der Waals surface area contributed by atoms with Gasteiger partial charge in [0.1, 0.15) is 5.75 Å². The van der Waals surface area contributed by atoms with Crippen LogP contribution in [-0.4, -0.2) is 36.9 Å². The highest BCUT2D eigenvalue weighted by atomic mass is 16.5. The number of nitrogens with one attached hydrogen (secondary N) is 1. The van der Waals surface area contributed by atoms with Crippen molar-refractivity contribution in [1.29, 1.82) is 0 Å². The summed E-state index contributed by atoms with van der Waals surface area (Å²) in [5.41, 5.74) is 1.34. The molecule has 4 rings (SSSR count). The van der Waals surface area contributed by atoms with Gasteiger partial charge in [-0.15, -0.1) is 0 Å². The number of hydrogen-bond donors (Lipinski definition) is 2. The van der Waals surface area contributed by atoms with Crippen LogP contribution in [0.1, 0.15) is 10.4 Å². The lowest BCUT2D eigenvalue weighted by Gasteiger charge is -2.32. The Morgan fingerprint density at radius 2 is 2.00 bits per heavy atom. The van der Waals surface area contributed by atoms with Crippen LogP contribution in [0, 0.1) is 5.92 Å². The summed E-state index contributed by atoms with van der Waals surface area (Å²) in [5.74, 6) is 1.05. The topological polar surface area (TPSA) is 88.1 Å². The van der Waals surface area contributed by atoms with Gasteiger partial charge in [0, 0.05) is 18.2 Å². The SMILES string of the molecule is O=C(O)Nc1ccc2c(c1)C(=O)N(CC1COC1)c1ccccc1O2. The molecule has 2 aromatic carbocycles. The van der Waals surface area contributed by atoms with E-state index in [1.807, 2.05) is 24.3 Å². The van der Waals surface area contributed by atoms with Gasteiger partial charge < -0.3 is 19.5 Å². The molecule has 2 N–H and O–H groups in total. The average molecular weight is 340 g/mol. The van der Waals surface area contributed by atoms with Crippen LogP contribution in [0.4, 0.5) is 16.2 Å².